The fraction of sp³-hybridized carbons (Fsp3) is 0.231. The Hall–Kier alpha value is -1.61. The topological polar surface area (TPSA) is 51.8 Å². The normalized spacial score (nSPS) is 9.41. The van der Waals surface area contributed by atoms with Crippen LogP contribution in [0.5, 0.6) is 0 Å². The van der Waals surface area contributed by atoms with Crippen molar-refractivity contribution in [3.8, 4) is 11.1 Å². The Balaban J connectivity index is 0.000000686. The lowest BCUT2D eigenvalue weighted by molar-refractivity contribution is 1.12. The van der Waals surface area contributed by atoms with Crippen molar-refractivity contribution in [3.63, 3.8) is 0 Å². The van der Waals surface area contributed by atoms with Gasteiger partial charge < -0.3 is 5.73 Å². The van der Waals surface area contributed by atoms with Gasteiger partial charge in [0, 0.05) is 22.3 Å². The average Bonchev–Trinajstić information content (AvgIpc) is 2.33. The van der Waals surface area contributed by atoms with Crippen LogP contribution >= 0.6 is 11.6 Å². The Kier molecular flexibility index (Phi) is 4.91. The van der Waals surface area contributed by atoms with Crippen molar-refractivity contribution < 1.29 is 0 Å². The molecule has 0 spiro atoms. The van der Waals surface area contributed by atoms with E-state index < -0.39 is 0 Å². The Bertz CT molecular complexity index is 498. The minimum atomic E-state index is 0.281. The smallest absolute Gasteiger partial charge is 0.220 e. The molecular formula is C13H16ClN3. The van der Waals surface area contributed by atoms with Gasteiger partial charge in [0.2, 0.25) is 5.95 Å². The van der Waals surface area contributed by atoms with Crippen LogP contribution in [0.1, 0.15) is 19.5 Å². The molecule has 0 aliphatic heterocycles. The summed E-state index contributed by atoms with van der Waals surface area (Å²) in [6.45, 7) is 5.89. The fourth-order valence-corrected chi connectivity index (χ4v) is 1.67. The van der Waals surface area contributed by atoms with Gasteiger partial charge in [-0.3, -0.25) is 0 Å². The molecule has 0 unspecified atom stereocenters. The molecule has 0 radical (unpaired) electrons. The number of hydrogen-bond acceptors (Lipinski definition) is 3. The number of rotatable bonds is 1. The van der Waals surface area contributed by atoms with Crippen LogP contribution in [0, 0.1) is 6.92 Å². The lowest BCUT2D eigenvalue weighted by atomic mass is 10.1. The number of nitrogens with two attached hydrogens (primary N) is 1. The monoisotopic (exact) mass is 249 g/mol. The predicted octanol–water partition coefficient (Wildman–Crippen LogP) is 3.71. The molecule has 4 heteroatoms. The van der Waals surface area contributed by atoms with Gasteiger partial charge >= 0.3 is 0 Å². The molecule has 0 atom stereocenters. The maximum Gasteiger partial charge on any atom is 0.220 e. The van der Waals surface area contributed by atoms with Crippen molar-refractivity contribution in [1.29, 1.82) is 0 Å². The van der Waals surface area contributed by atoms with E-state index in [2.05, 4.69) is 9.97 Å². The Labute approximate surface area is 107 Å². The summed E-state index contributed by atoms with van der Waals surface area (Å²) < 4.78 is 0. The number of benzene rings is 1. The molecule has 2 aromatic rings. The summed E-state index contributed by atoms with van der Waals surface area (Å²) in [6, 6.07) is 7.59. The summed E-state index contributed by atoms with van der Waals surface area (Å²) >= 11 is 6.08. The molecule has 2 N–H and O–H groups in total. The molecule has 1 aromatic heterocycles. The van der Waals surface area contributed by atoms with Gasteiger partial charge in [-0.2, -0.15) is 0 Å². The maximum absolute atomic E-state index is 6.08. The Morgan fingerprint density at radius 1 is 1.12 bits per heavy atom. The minimum Gasteiger partial charge on any atom is -0.368 e. The number of aryl methyl sites for hydroxylation is 1. The SMILES string of the molecule is CC.Cc1nc(N)ncc1-c1ccccc1Cl. The van der Waals surface area contributed by atoms with Crippen molar-refractivity contribution in [3.05, 3.63) is 41.2 Å². The fourth-order valence-electron chi connectivity index (χ4n) is 1.43. The van der Waals surface area contributed by atoms with E-state index in [1.807, 2.05) is 45.0 Å². The third kappa shape index (κ3) is 3.17. The van der Waals surface area contributed by atoms with Gasteiger partial charge in [-0.15, -0.1) is 0 Å². The van der Waals surface area contributed by atoms with Crippen LogP contribution in [0.15, 0.2) is 30.5 Å². The van der Waals surface area contributed by atoms with Gasteiger partial charge in [0.25, 0.3) is 0 Å². The van der Waals surface area contributed by atoms with Crippen molar-refractivity contribution in [2.24, 2.45) is 0 Å². The van der Waals surface area contributed by atoms with Crippen LogP contribution in [0.2, 0.25) is 5.02 Å². The molecule has 0 amide bonds. The van der Waals surface area contributed by atoms with Crippen LogP contribution in [0.3, 0.4) is 0 Å². The molecule has 0 aliphatic carbocycles. The molecule has 1 aromatic carbocycles. The quantitative estimate of drug-likeness (QED) is 0.838. The van der Waals surface area contributed by atoms with Gasteiger partial charge in [0.1, 0.15) is 0 Å². The highest BCUT2D eigenvalue weighted by atomic mass is 35.5. The van der Waals surface area contributed by atoms with E-state index in [1.165, 1.54) is 0 Å². The van der Waals surface area contributed by atoms with Crippen LogP contribution < -0.4 is 5.73 Å². The van der Waals surface area contributed by atoms with E-state index in [1.54, 1.807) is 6.20 Å². The summed E-state index contributed by atoms with van der Waals surface area (Å²) in [5, 5.41) is 0.689. The van der Waals surface area contributed by atoms with Crippen molar-refractivity contribution in [2.75, 3.05) is 5.73 Å². The lowest BCUT2D eigenvalue weighted by Gasteiger charge is -2.06. The molecule has 0 fully saturated rings. The van der Waals surface area contributed by atoms with E-state index in [0.717, 1.165) is 16.8 Å². The zero-order valence-corrected chi connectivity index (χ0v) is 11.0. The summed E-state index contributed by atoms with van der Waals surface area (Å²) in [4.78, 5) is 8.06. The van der Waals surface area contributed by atoms with Crippen molar-refractivity contribution >= 4 is 17.5 Å². The van der Waals surface area contributed by atoms with E-state index >= 15 is 0 Å². The van der Waals surface area contributed by atoms with Crippen LogP contribution in [-0.4, -0.2) is 9.97 Å². The number of aromatic nitrogens is 2. The molecule has 2 rings (SSSR count). The van der Waals surface area contributed by atoms with Gasteiger partial charge in [-0.05, 0) is 13.0 Å². The second kappa shape index (κ2) is 6.21. The average molecular weight is 250 g/mol. The van der Waals surface area contributed by atoms with Crippen molar-refractivity contribution in [2.45, 2.75) is 20.8 Å². The summed E-state index contributed by atoms with van der Waals surface area (Å²) in [7, 11) is 0. The number of nitrogen functional groups attached to an aromatic ring is 1. The molecule has 90 valence electrons. The van der Waals surface area contributed by atoms with Crippen molar-refractivity contribution in [1.82, 2.24) is 9.97 Å². The van der Waals surface area contributed by atoms with Crippen LogP contribution in [0.4, 0.5) is 5.95 Å². The number of anilines is 1. The predicted molar refractivity (Wildman–Crippen MR) is 73.0 cm³/mol. The molecule has 1 heterocycles. The van der Waals surface area contributed by atoms with Crippen LogP contribution in [0.25, 0.3) is 11.1 Å². The first-order valence-electron chi connectivity index (χ1n) is 5.52. The molecule has 0 saturated carbocycles. The first kappa shape index (κ1) is 13.5. The van der Waals surface area contributed by atoms with Gasteiger partial charge in [-0.1, -0.05) is 43.6 Å². The maximum atomic E-state index is 6.08. The standard InChI is InChI=1S/C11H10ClN3.C2H6/c1-7-9(6-14-11(13)15-7)8-4-2-3-5-10(8)12;1-2/h2-6H,1H3,(H2,13,14,15);1-2H3. The Morgan fingerprint density at radius 3 is 2.35 bits per heavy atom. The molecule has 0 saturated heterocycles. The van der Waals surface area contributed by atoms with E-state index in [0.29, 0.717) is 5.02 Å². The van der Waals surface area contributed by atoms with Crippen LogP contribution in [-0.2, 0) is 0 Å². The second-order valence-corrected chi connectivity index (χ2v) is 3.61. The third-order valence-electron chi connectivity index (χ3n) is 2.16. The number of halogens is 1. The lowest BCUT2D eigenvalue weighted by Crippen LogP contribution is -1.98. The highest BCUT2D eigenvalue weighted by molar-refractivity contribution is 6.33. The Morgan fingerprint density at radius 2 is 1.76 bits per heavy atom. The zero-order chi connectivity index (χ0) is 12.8. The van der Waals surface area contributed by atoms with Gasteiger partial charge in [0.15, 0.2) is 0 Å². The summed E-state index contributed by atoms with van der Waals surface area (Å²) in [6.07, 6.45) is 1.69. The van der Waals surface area contributed by atoms with E-state index in [4.69, 9.17) is 17.3 Å². The molecule has 0 aliphatic rings. The third-order valence-corrected chi connectivity index (χ3v) is 2.49. The first-order valence-corrected chi connectivity index (χ1v) is 5.90. The molecule has 17 heavy (non-hydrogen) atoms. The number of hydrogen-bond donors (Lipinski definition) is 1. The summed E-state index contributed by atoms with van der Waals surface area (Å²) in [5.41, 5.74) is 8.16. The largest absolute Gasteiger partial charge is 0.368 e. The van der Waals surface area contributed by atoms with Gasteiger partial charge in [0.05, 0.1) is 5.69 Å². The van der Waals surface area contributed by atoms with E-state index in [9.17, 15) is 0 Å². The minimum absolute atomic E-state index is 0.281. The summed E-state index contributed by atoms with van der Waals surface area (Å²) in [5.74, 6) is 0.281. The molecule has 0 bridgehead atoms. The highest BCUT2D eigenvalue weighted by Gasteiger charge is 2.07. The zero-order valence-electron chi connectivity index (χ0n) is 10.2. The van der Waals surface area contributed by atoms with E-state index in [-0.39, 0.29) is 5.95 Å². The molecule has 3 nitrogen and oxygen atoms in total. The van der Waals surface area contributed by atoms with Gasteiger partial charge in [-0.25, -0.2) is 9.97 Å². The number of nitrogens with zero attached hydrogens (tertiary/aromatic N) is 2. The highest BCUT2D eigenvalue weighted by Crippen LogP contribution is 2.28. The second-order valence-electron chi connectivity index (χ2n) is 3.21. The first-order chi connectivity index (χ1) is 8.18. The molecular weight excluding hydrogens is 234 g/mol.